The molecule has 26 heavy (non-hydrogen) atoms. The maximum atomic E-state index is 12.4. The average molecular weight is 414 g/mol. The fourth-order valence-corrected chi connectivity index (χ4v) is 5.29. The summed E-state index contributed by atoms with van der Waals surface area (Å²) in [4.78, 5) is 53.1. The lowest BCUT2D eigenvalue weighted by molar-refractivity contribution is -0.150. The number of carbonyl (C=O) groups is 4. The van der Waals surface area contributed by atoms with Crippen LogP contribution in [0.1, 0.15) is 10.5 Å². The first kappa shape index (κ1) is 18.7. The van der Waals surface area contributed by atoms with Gasteiger partial charge in [0, 0.05) is 16.9 Å². The molecule has 1 unspecified atom stereocenters. The number of aromatic nitrogens is 1. The minimum atomic E-state index is -1.17. The molecule has 2 atom stereocenters. The maximum Gasteiger partial charge on any atom is 0.352 e. The monoisotopic (exact) mass is 414 g/mol. The van der Waals surface area contributed by atoms with Crippen molar-refractivity contribution in [3.05, 3.63) is 22.3 Å². The van der Waals surface area contributed by atoms with Gasteiger partial charge in [-0.15, -0.1) is 23.1 Å². The summed E-state index contributed by atoms with van der Waals surface area (Å²) in [6.07, 6.45) is 1.85. The van der Waals surface area contributed by atoms with E-state index in [1.165, 1.54) is 33.8 Å². The second-order valence-corrected chi connectivity index (χ2v) is 8.31. The van der Waals surface area contributed by atoms with Gasteiger partial charge in [0.25, 0.3) is 17.6 Å². The van der Waals surface area contributed by atoms with Crippen molar-refractivity contribution in [2.75, 3.05) is 23.5 Å². The van der Waals surface area contributed by atoms with Crippen molar-refractivity contribution in [3.8, 4) is 0 Å². The molecule has 12 heteroatoms. The van der Waals surface area contributed by atoms with Crippen LogP contribution in [0, 0.1) is 0 Å². The molecule has 2 aliphatic rings. The SMILES string of the molecule is CSCC1=C(C(=O)O)N2C(=O)C(NC(=O)C(=O)c3csc(N)n3)[C@H]2SC1. The molecule has 9 nitrogen and oxygen atoms in total. The number of nitrogen functional groups attached to an aromatic ring is 1. The largest absolute Gasteiger partial charge is 0.477 e. The number of anilines is 1. The summed E-state index contributed by atoms with van der Waals surface area (Å²) in [5.41, 5.74) is 5.99. The van der Waals surface area contributed by atoms with Crippen LogP contribution in [0.2, 0.25) is 0 Å². The average Bonchev–Trinajstić information content (AvgIpc) is 3.04. The van der Waals surface area contributed by atoms with Crippen LogP contribution < -0.4 is 11.1 Å². The van der Waals surface area contributed by atoms with Gasteiger partial charge in [-0.25, -0.2) is 9.78 Å². The van der Waals surface area contributed by atoms with Crippen molar-refractivity contribution in [2.45, 2.75) is 11.4 Å². The third-order valence-corrected chi connectivity index (χ3v) is 6.47. The second kappa shape index (κ2) is 7.29. The van der Waals surface area contributed by atoms with E-state index >= 15 is 0 Å². The Morgan fingerprint density at radius 2 is 2.23 bits per heavy atom. The van der Waals surface area contributed by atoms with Crippen LogP contribution in [0.25, 0.3) is 0 Å². The van der Waals surface area contributed by atoms with Crippen LogP contribution >= 0.6 is 34.9 Å². The van der Waals surface area contributed by atoms with E-state index < -0.39 is 35.0 Å². The van der Waals surface area contributed by atoms with E-state index in [1.807, 2.05) is 6.26 Å². The third kappa shape index (κ3) is 3.19. The number of fused-ring (bicyclic) bond motifs is 1. The highest BCUT2D eigenvalue weighted by Crippen LogP contribution is 2.40. The number of hydrogen-bond donors (Lipinski definition) is 3. The molecule has 1 aromatic heterocycles. The Bertz CT molecular complexity index is 836. The molecule has 0 radical (unpaired) electrons. The van der Waals surface area contributed by atoms with Crippen LogP contribution in [-0.2, 0) is 14.4 Å². The number of nitrogens with two attached hydrogens (primary N) is 1. The Morgan fingerprint density at radius 1 is 1.50 bits per heavy atom. The summed E-state index contributed by atoms with van der Waals surface area (Å²) in [5, 5.41) is 12.8. The van der Waals surface area contributed by atoms with E-state index in [-0.39, 0.29) is 16.5 Å². The maximum absolute atomic E-state index is 12.4. The number of amides is 2. The van der Waals surface area contributed by atoms with Gasteiger partial charge in [-0.2, -0.15) is 11.8 Å². The molecule has 0 bridgehead atoms. The van der Waals surface area contributed by atoms with Crippen molar-refractivity contribution in [3.63, 3.8) is 0 Å². The number of thiazole rings is 1. The van der Waals surface area contributed by atoms with Gasteiger partial charge in [0.05, 0.1) is 0 Å². The minimum absolute atomic E-state index is 0.0304. The lowest BCUT2D eigenvalue weighted by Gasteiger charge is -2.49. The van der Waals surface area contributed by atoms with Crippen LogP contribution in [0.3, 0.4) is 0 Å². The van der Waals surface area contributed by atoms with Gasteiger partial charge in [0.15, 0.2) is 5.13 Å². The number of carbonyl (C=O) groups excluding carboxylic acids is 3. The molecule has 1 fully saturated rings. The summed E-state index contributed by atoms with van der Waals surface area (Å²) >= 11 is 3.86. The molecule has 138 valence electrons. The standard InChI is InChI=1S/C14H14N4O5S3/c1-24-2-5-3-25-12-7(11(21)18(12)8(5)13(22)23)17-10(20)9(19)6-4-26-14(15)16-6/h4,7,12H,2-3H2,1H3,(H2,15,16)(H,17,20)(H,22,23)/t7?,12-/m1/s1. The van der Waals surface area contributed by atoms with Crippen molar-refractivity contribution in [1.82, 2.24) is 15.2 Å². The number of hydrogen-bond acceptors (Lipinski definition) is 9. The van der Waals surface area contributed by atoms with Crippen molar-refractivity contribution in [1.29, 1.82) is 0 Å². The number of thioether (sulfide) groups is 2. The number of nitrogens with zero attached hydrogens (tertiary/aromatic N) is 2. The van der Waals surface area contributed by atoms with E-state index in [0.717, 1.165) is 11.3 Å². The Kier molecular flexibility index (Phi) is 5.25. The lowest BCUT2D eigenvalue weighted by atomic mass is 10.0. The fourth-order valence-electron chi connectivity index (χ4n) is 2.68. The van der Waals surface area contributed by atoms with E-state index in [0.29, 0.717) is 17.1 Å². The molecule has 3 rings (SSSR count). The van der Waals surface area contributed by atoms with Gasteiger partial charge in [0.1, 0.15) is 22.8 Å². The summed E-state index contributed by atoms with van der Waals surface area (Å²) in [6, 6.07) is -0.947. The molecule has 1 aromatic rings. The Balaban J connectivity index is 1.73. The smallest absolute Gasteiger partial charge is 0.352 e. The normalized spacial score (nSPS) is 21.9. The number of carboxylic acids is 1. The zero-order valence-electron chi connectivity index (χ0n) is 13.4. The van der Waals surface area contributed by atoms with Crippen LogP contribution in [-0.4, -0.2) is 67.7 Å². The Labute approximate surface area is 160 Å². The second-order valence-electron chi connectivity index (χ2n) is 5.45. The predicted molar refractivity (Wildman–Crippen MR) is 98.9 cm³/mol. The highest BCUT2D eigenvalue weighted by atomic mass is 32.2. The topological polar surface area (TPSA) is 143 Å². The summed E-state index contributed by atoms with van der Waals surface area (Å²) < 4.78 is 0. The van der Waals surface area contributed by atoms with Gasteiger partial charge < -0.3 is 16.2 Å². The molecule has 0 aromatic carbocycles. The Morgan fingerprint density at radius 3 is 2.81 bits per heavy atom. The zero-order chi connectivity index (χ0) is 19.0. The molecule has 0 spiro atoms. The van der Waals surface area contributed by atoms with E-state index in [9.17, 15) is 24.3 Å². The highest BCUT2D eigenvalue weighted by Gasteiger charge is 2.54. The first-order valence-electron chi connectivity index (χ1n) is 7.30. The van der Waals surface area contributed by atoms with Crippen LogP contribution in [0.5, 0.6) is 0 Å². The number of nitrogens with one attached hydrogen (secondary N) is 1. The van der Waals surface area contributed by atoms with Crippen LogP contribution in [0.15, 0.2) is 16.7 Å². The summed E-state index contributed by atoms with van der Waals surface area (Å²) in [7, 11) is 0. The molecule has 1 saturated heterocycles. The van der Waals surface area contributed by atoms with Crippen LogP contribution in [0.4, 0.5) is 5.13 Å². The van der Waals surface area contributed by atoms with Crippen molar-refractivity contribution >= 4 is 63.6 Å². The zero-order valence-corrected chi connectivity index (χ0v) is 15.9. The number of rotatable bonds is 6. The van der Waals surface area contributed by atoms with Gasteiger partial charge >= 0.3 is 5.97 Å². The molecular formula is C14H14N4O5S3. The minimum Gasteiger partial charge on any atom is -0.477 e. The molecular weight excluding hydrogens is 400 g/mol. The van der Waals surface area contributed by atoms with Gasteiger partial charge in [-0.1, -0.05) is 0 Å². The number of ketones is 1. The number of β-lactam (4-membered cyclic amide) rings is 1. The highest BCUT2D eigenvalue weighted by molar-refractivity contribution is 8.00. The predicted octanol–water partition coefficient (Wildman–Crippen LogP) is 0.00960. The fraction of sp³-hybridized carbons (Fsp3) is 0.357. The van der Waals surface area contributed by atoms with Crippen molar-refractivity contribution < 1.29 is 24.3 Å². The van der Waals surface area contributed by atoms with Gasteiger partial charge in [0.2, 0.25) is 0 Å². The molecule has 0 saturated carbocycles. The molecule has 3 heterocycles. The third-order valence-electron chi connectivity index (χ3n) is 3.82. The first-order chi connectivity index (χ1) is 12.3. The quantitative estimate of drug-likeness (QED) is 0.333. The van der Waals surface area contributed by atoms with E-state index in [1.54, 1.807) is 0 Å². The first-order valence-corrected chi connectivity index (χ1v) is 10.6. The number of Topliss-reactive ketones (excluding diaryl/α,β-unsaturated/α-hetero) is 1. The molecule has 2 amide bonds. The molecule has 0 aliphatic carbocycles. The molecule has 2 aliphatic heterocycles. The number of carboxylic acid groups (broad SMARTS) is 1. The summed E-state index contributed by atoms with van der Waals surface area (Å²) in [6.45, 7) is 0. The number of aliphatic carboxylic acids is 1. The van der Waals surface area contributed by atoms with E-state index in [4.69, 9.17) is 5.73 Å². The Hall–Kier alpha value is -2.05. The molecule has 4 N–H and O–H groups in total. The van der Waals surface area contributed by atoms with Gasteiger partial charge in [-0.05, 0) is 11.8 Å². The van der Waals surface area contributed by atoms with Gasteiger partial charge in [-0.3, -0.25) is 19.3 Å². The summed E-state index contributed by atoms with van der Waals surface area (Å²) in [5.74, 6) is -2.62. The van der Waals surface area contributed by atoms with Crippen molar-refractivity contribution in [2.24, 2.45) is 0 Å². The lowest BCUT2D eigenvalue weighted by Crippen LogP contribution is -2.71. The van der Waals surface area contributed by atoms with E-state index in [2.05, 4.69) is 10.3 Å².